The lowest BCUT2D eigenvalue weighted by atomic mass is 10.4. The lowest BCUT2D eigenvalue weighted by molar-refractivity contribution is 1.84. The fraction of sp³-hybridized carbons (Fsp3) is 0. The predicted octanol–water partition coefficient (Wildman–Crippen LogP) is 5.00. The Balaban J connectivity index is 2.43. The second-order valence-electron chi connectivity index (χ2n) is 2.26. The van der Waals surface area contributed by atoms with Gasteiger partial charge in [-0.05, 0) is 44.0 Å². The van der Waals surface area contributed by atoms with E-state index in [-0.39, 0.29) is 0 Å². The Labute approximate surface area is 95.5 Å². The van der Waals surface area contributed by atoms with E-state index in [1.54, 1.807) is 22.7 Å². The molecule has 0 aliphatic heterocycles. The molecule has 0 N–H and O–H groups in total. The van der Waals surface area contributed by atoms with Crippen molar-refractivity contribution in [3.63, 3.8) is 0 Å². The molecule has 2 rings (SSSR count). The summed E-state index contributed by atoms with van der Waals surface area (Å²) >= 11 is 10.4. The Hall–Kier alpha value is 0.360. The van der Waals surface area contributed by atoms with Crippen LogP contribution in [0.25, 0.3) is 9.75 Å². The molecule has 2 aromatic rings. The van der Waals surface area contributed by atoms with Gasteiger partial charge in [-0.25, -0.2) is 0 Å². The number of halogens is 2. The first kappa shape index (κ1) is 8.94. The quantitative estimate of drug-likeness (QED) is 0.692. The Morgan fingerprint density at radius 3 is 1.50 bits per heavy atom. The van der Waals surface area contributed by atoms with Crippen LogP contribution < -0.4 is 0 Å². The van der Waals surface area contributed by atoms with Crippen LogP contribution in [-0.2, 0) is 0 Å². The molecule has 0 aromatic carbocycles. The molecule has 0 amide bonds. The Morgan fingerprint density at radius 2 is 1.25 bits per heavy atom. The summed E-state index contributed by atoms with van der Waals surface area (Å²) in [5.74, 6) is 0. The number of thiophene rings is 2. The molecule has 0 saturated heterocycles. The maximum absolute atomic E-state index is 3.44. The summed E-state index contributed by atoms with van der Waals surface area (Å²) in [4.78, 5) is 2.63. The van der Waals surface area contributed by atoms with Crippen molar-refractivity contribution in [2.45, 2.75) is 0 Å². The zero-order chi connectivity index (χ0) is 8.55. The molecular formula is C8H4Br2S2. The van der Waals surface area contributed by atoms with E-state index in [0.29, 0.717) is 0 Å². The van der Waals surface area contributed by atoms with E-state index < -0.39 is 0 Å². The highest BCUT2D eigenvalue weighted by Gasteiger charge is 2.03. The normalized spacial score (nSPS) is 10.5. The van der Waals surface area contributed by atoms with Crippen molar-refractivity contribution in [3.8, 4) is 9.75 Å². The summed E-state index contributed by atoms with van der Waals surface area (Å²) in [5, 5.41) is 4.20. The van der Waals surface area contributed by atoms with E-state index in [2.05, 4.69) is 54.8 Å². The minimum atomic E-state index is 1.16. The molecular weight excluding hydrogens is 320 g/mol. The fourth-order valence-electron chi connectivity index (χ4n) is 0.885. The van der Waals surface area contributed by atoms with Gasteiger partial charge in [-0.3, -0.25) is 0 Å². The van der Waals surface area contributed by atoms with Crippen molar-refractivity contribution >= 4 is 54.5 Å². The molecule has 0 saturated carbocycles. The largest absolute Gasteiger partial charge is 0.142 e. The van der Waals surface area contributed by atoms with Crippen molar-refractivity contribution < 1.29 is 0 Å². The van der Waals surface area contributed by atoms with Gasteiger partial charge in [0.15, 0.2) is 0 Å². The molecule has 0 spiro atoms. The molecule has 0 unspecified atom stereocenters. The highest BCUT2D eigenvalue weighted by atomic mass is 79.9. The third kappa shape index (κ3) is 1.82. The number of rotatable bonds is 1. The molecule has 12 heavy (non-hydrogen) atoms. The smallest absolute Gasteiger partial charge is 0.0454 e. The molecule has 0 aliphatic rings. The first-order valence-corrected chi connectivity index (χ1v) is 6.58. The molecule has 0 nitrogen and oxygen atoms in total. The lowest BCUT2D eigenvalue weighted by Gasteiger charge is -1.85. The third-order valence-electron chi connectivity index (χ3n) is 1.38. The van der Waals surface area contributed by atoms with Crippen LogP contribution in [0.3, 0.4) is 0 Å². The van der Waals surface area contributed by atoms with Crippen LogP contribution in [0.15, 0.2) is 31.8 Å². The van der Waals surface area contributed by atoms with Crippen molar-refractivity contribution in [2.75, 3.05) is 0 Å². The minimum absolute atomic E-state index is 1.16. The second-order valence-corrected chi connectivity index (χ2v) is 5.91. The summed E-state index contributed by atoms with van der Waals surface area (Å²) in [7, 11) is 0. The summed E-state index contributed by atoms with van der Waals surface area (Å²) < 4.78 is 2.32. The summed E-state index contributed by atoms with van der Waals surface area (Å²) in [6.45, 7) is 0. The third-order valence-corrected chi connectivity index (χ3v) is 4.96. The summed E-state index contributed by atoms with van der Waals surface area (Å²) in [5.41, 5.74) is 0. The van der Waals surface area contributed by atoms with E-state index in [1.807, 2.05) is 0 Å². The van der Waals surface area contributed by atoms with Gasteiger partial charge in [0.2, 0.25) is 0 Å². The van der Waals surface area contributed by atoms with E-state index in [1.165, 1.54) is 9.75 Å². The van der Waals surface area contributed by atoms with Crippen LogP contribution in [0.1, 0.15) is 0 Å². The SMILES string of the molecule is Brc1csc(-c2cc(Br)cs2)c1. The zero-order valence-corrected chi connectivity index (χ0v) is 10.7. The zero-order valence-electron chi connectivity index (χ0n) is 5.88. The highest BCUT2D eigenvalue weighted by molar-refractivity contribution is 9.10. The molecule has 2 aromatic heterocycles. The molecule has 4 heteroatoms. The van der Waals surface area contributed by atoms with Crippen molar-refractivity contribution in [3.05, 3.63) is 31.8 Å². The van der Waals surface area contributed by atoms with Gasteiger partial charge in [-0.2, -0.15) is 0 Å². The van der Waals surface area contributed by atoms with E-state index >= 15 is 0 Å². The van der Waals surface area contributed by atoms with Crippen LogP contribution in [0, 0.1) is 0 Å². The van der Waals surface area contributed by atoms with Gasteiger partial charge >= 0.3 is 0 Å². The average Bonchev–Trinajstić information content (AvgIpc) is 2.58. The van der Waals surface area contributed by atoms with Crippen molar-refractivity contribution in [1.29, 1.82) is 0 Å². The number of hydrogen-bond donors (Lipinski definition) is 0. The minimum Gasteiger partial charge on any atom is -0.142 e. The monoisotopic (exact) mass is 322 g/mol. The van der Waals surface area contributed by atoms with Gasteiger partial charge in [0.05, 0.1) is 0 Å². The molecule has 2 heterocycles. The summed E-state index contributed by atoms with van der Waals surface area (Å²) in [6, 6.07) is 4.28. The lowest BCUT2D eigenvalue weighted by Crippen LogP contribution is -1.57. The standard InChI is InChI=1S/C8H4Br2S2/c9-5-1-7(11-3-5)8-2-6(10)4-12-8/h1-4H. The molecule has 62 valence electrons. The predicted molar refractivity (Wildman–Crippen MR) is 63.0 cm³/mol. The Morgan fingerprint density at radius 1 is 0.833 bits per heavy atom. The van der Waals surface area contributed by atoms with Gasteiger partial charge in [0.1, 0.15) is 0 Å². The van der Waals surface area contributed by atoms with Crippen LogP contribution in [0.5, 0.6) is 0 Å². The Kier molecular flexibility index (Phi) is 2.69. The topological polar surface area (TPSA) is 0 Å². The maximum atomic E-state index is 3.44. The van der Waals surface area contributed by atoms with E-state index in [0.717, 1.165) is 8.95 Å². The summed E-state index contributed by atoms with van der Waals surface area (Å²) in [6.07, 6.45) is 0. The van der Waals surface area contributed by atoms with Gasteiger partial charge in [-0.15, -0.1) is 22.7 Å². The first-order chi connectivity index (χ1) is 5.75. The van der Waals surface area contributed by atoms with Gasteiger partial charge < -0.3 is 0 Å². The van der Waals surface area contributed by atoms with Crippen LogP contribution in [0.2, 0.25) is 0 Å². The van der Waals surface area contributed by atoms with Gasteiger partial charge in [-0.1, -0.05) is 0 Å². The second kappa shape index (κ2) is 3.62. The average molecular weight is 324 g/mol. The molecule has 0 bridgehead atoms. The van der Waals surface area contributed by atoms with Crippen molar-refractivity contribution in [2.24, 2.45) is 0 Å². The molecule has 0 fully saturated rings. The molecule has 0 radical (unpaired) electrons. The van der Waals surface area contributed by atoms with E-state index in [9.17, 15) is 0 Å². The van der Waals surface area contributed by atoms with E-state index in [4.69, 9.17) is 0 Å². The van der Waals surface area contributed by atoms with Crippen LogP contribution >= 0.6 is 54.5 Å². The molecule has 0 atom stereocenters. The van der Waals surface area contributed by atoms with Gasteiger partial charge in [0, 0.05) is 29.5 Å². The first-order valence-electron chi connectivity index (χ1n) is 3.24. The highest BCUT2D eigenvalue weighted by Crippen LogP contribution is 2.35. The van der Waals surface area contributed by atoms with Crippen LogP contribution in [0.4, 0.5) is 0 Å². The maximum Gasteiger partial charge on any atom is 0.0454 e. The number of hydrogen-bond acceptors (Lipinski definition) is 2. The van der Waals surface area contributed by atoms with Gasteiger partial charge in [0.25, 0.3) is 0 Å². The fourth-order valence-corrected chi connectivity index (χ4v) is 3.85. The molecule has 0 aliphatic carbocycles. The van der Waals surface area contributed by atoms with Crippen LogP contribution in [-0.4, -0.2) is 0 Å². The Bertz CT molecular complexity index is 351. The van der Waals surface area contributed by atoms with Crippen molar-refractivity contribution in [1.82, 2.24) is 0 Å².